The van der Waals surface area contributed by atoms with Crippen molar-refractivity contribution in [3.05, 3.63) is 63.1 Å². The van der Waals surface area contributed by atoms with Crippen LogP contribution in [0.15, 0.2) is 46.9 Å². The van der Waals surface area contributed by atoms with Crippen LogP contribution in [0.5, 0.6) is 5.75 Å². The van der Waals surface area contributed by atoms with Gasteiger partial charge in [0, 0.05) is 17.6 Å². The van der Waals surface area contributed by atoms with E-state index in [9.17, 15) is 9.59 Å². The van der Waals surface area contributed by atoms with Gasteiger partial charge < -0.3 is 15.0 Å². The minimum absolute atomic E-state index is 0.189. The molecule has 0 aliphatic rings. The van der Waals surface area contributed by atoms with Crippen molar-refractivity contribution < 1.29 is 14.3 Å². The van der Waals surface area contributed by atoms with Crippen LogP contribution in [0.1, 0.15) is 31.9 Å². The first kappa shape index (κ1) is 24.2. The molecule has 1 atom stereocenters. The molecule has 7 heteroatoms. The number of ether oxygens (including phenoxy) is 1. The number of nitrogens with zero attached hydrogens (tertiary/aromatic N) is 1. The monoisotopic (exact) mass is 494 g/mol. The molecule has 2 aromatic carbocycles. The molecule has 30 heavy (non-hydrogen) atoms. The summed E-state index contributed by atoms with van der Waals surface area (Å²) in [7, 11) is 0. The van der Waals surface area contributed by atoms with Gasteiger partial charge in [-0.05, 0) is 43.5 Å². The number of hydrogen-bond donors (Lipinski definition) is 1. The smallest absolute Gasteiger partial charge is 0.261 e. The van der Waals surface area contributed by atoms with Gasteiger partial charge >= 0.3 is 0 Å². The Morgan fingerprint density at radius 2 is 1.90 bits per heavy atom. The number of rotatable bonds is 9. The molecule has 1 N–H and O–H groups in total. The summed E-state index contributed by atoms with van der Waals surface area (Å²) in [6.07, 6.45) is 0. The molecule has 0 unspecified atom stereocenters. The van der Waals surface area contributed by atoms with Gasteiger partial charge in [-0.25, -0.2) is 0 Å². The van der Waals surface area contributed by atoms with Crippen molar-refractivity contribution in [2.24, 2.45) is 5.92 Å². The van der Waals surface area contributed by atoms with E-state index in [1.54, 1.807) is 25.1 Å². The van der Waals surface area contributed by atoms with Crippen LogP contribution in [-0.2, 0) is 16.1 Å². The van der Waals surface area contributed by atoms with Crippen molar-refractivity contribution in [2.75, 3.05) is 13.2 Å². The fourth-order valence-electron chi connectivity index (χ4n) is 2.86. The van der Waals surface area contributed by atoms with Crippen LogP contribution < -0.4 is 10.1 Å². The summed E-state index contributed by atoms with van der Waals surface area (Å²) >= 11 is 9.52. The lowest BCUT2D eigenvalue weighted by atomic mass is 10.1. The van der Waals surface area contributed by atoms with Crippen molar-refractivity contribution in [1.29, 1.82) is 0 Å². The van der Waals surface area contributed by atoms with Crippen molar-refractivity contribution in [1.82, 2.24) is 10.2 Å². The molecule has 0 saturated carbocycles. The Morgan fingerprint density at radius 3 is 2.53 bits per heavy atom. The maximum absolute atomic E-state index is 13.0. The Balaban J connectivity index is 2.15. The molecule has 2 amide bonds. The summed E-state index contributed by atoms with van der Waals surface area (Å²) in [5, 5.41) is 3.31. The van der Waals surface area contributed by atoms with Gasteiger partial charge in [0.05, 0.1) is 5.02 Å². The fourth-order valence-corrected chi connectivity index (χ4v) is 3.58. The number of nitrogens with one attached hydrogen (secondary N) is 1. The van der Waals surface area contributed by atoms with E-state index in [4.69, 9.17) is 16.3 Å². The Bertz CT molecular complexity index is 889. The lowest BCUT2D eigenvalue weighted by molar-refractivity contribution is -0.142. The number of hydrogen-bond acceptors (Lipinski definition) is 3. The third-order valence-corrected chi connectivity index (χ3v) is 5.32. The quantitative estimate of drug-likeness (QED) is 0.534. The summed E-state index contributed by atoms with van der Waals surface area (Å²) in [4.78, 5) is 27.2. The molecular formula is C23H28BrClN2O3. The number of carbonyl (C=O) groups excluding carboxylic acids is 2. The number of benzene rings is 2. The van der Waals surface area contributed by atoms with E-state index in [0.29, 0.717) is 29.8 Å². The van der Waals surface area contributed by atoms with Crippen LogP contribution in [0.25, 0.3) is 0 Å². The minimum atomic E-state index is -0.638. The largest absolute Gasteiger partial charge is 0.482 e. The first-order chi connectivity index (χ1) is 14.2. The molecule has 2 aromatic rings. The van der Waals surface area contributed by atoms with E-state index in [0.717, 1.165) is 15.6 Å². The molecule has 0 saturated heterocycles. The summed E-state index contributed by atoms with van der Waals surface area (Å²) < 4.78 is 6.47. The first-order valence-corrected chi connectivity index (χ1v) is 11.0. The SMILES string of the molecule is Cc1cccc(CN(C(=O)COc2ccc(Br)cc2Cl)[C@@H](C)C(=O)NCC(C)C)c1. The average molecular weight is 496 g/mol. The van der Waals surface area contributed by atoms with Crippen molar-refractivity contribution in [3.63, 3.8) is 0 Å². The van der Waals surface area contributed by atoms with Crippen molar-refractivity contribution in [3.8, 4) is 5.75 Å². The zero-order chi connectivity index (χ0) is 22.3. The van der Waals surface area contributed by atoms with E-state index >= 15 is 0 Å². The summed E-state index contributed by atoms with van der Waals surface area (Å²) in [6.45, 7) is 8.43. The number of aryl methyl sites for hydroxylation is 1. The van der Waals surface area contributed by atoms with Crippen LogP contribution in [0.3, 0.4) is 0 Å². The number of carbonyl (C=O) groups is 2. The van der Waals surface area contributed by atoms with Crippen LogP contribution in [0.2, 0.25) is 5.02 Å². The van der Waals surface area contributed by atoms with Gasteiger partial charge in [0.2, 0.25) is 5.91 Å². The predicted molar refractivity (Wildman–Crippen MR) is 124 cm³/mol. The third kappa shape index (κ3) is 7.33. The second kappa shape index (κ2) is 11.4. The van der Waals surface area contributed by atoms with Gasteiger partial charge in [-0.3, -0.25) is 9.59 Å². The molecule has 0 heterocycles. The molecule has 0 spiro atoms. The topological polar surface area (TPSA) is 58.6 Å². The van der Waals surface area contributed by atoms with Crippen molar-refractivity contribution in [2.45, 2.75) is 40.3 Å². The van der Waals surface area contributed by atoms with Gasteiger partial charge in [0.1, 0.15) is 11.8 Å². The standard InChI is InChI=1S/C23H28BrClN2O3/c1-15(2)12-26-23(29)17(4)27(13-18-7-5-6-16(3)10-18)22(28)14-30-21-9-8-19(24)11-20(21)25/h5-11,15,17H,12-14H2,1-4H3,(H,26,29)/t17-/m0/s1. The normalized spacial score (nSPS) is 11.8. The number of halogens is 2. The highest BCUT2D eigenvalue weighted by Gasteiger charge is 2.26. The van der Waals surface area contributed by atoms with Crippen LogP contribution in [0, 0.1) is 12.8 Å². The average Bonchev–Trinajstić information content (AvgIpc) is 2.68. The second-order valence-corrected chi connectivity index (χ2v) is 9.01. The highest BCUT2D eigenvalue weighted by Crippen LogP contribution is 2.27. The van der Waals surface area contributed by atoms with E-state index in [2.05, 4.69) is 21.2 Å². The summed E-state index contributed by atoms with van der Waals surface area (Å²) in [6, 6.07) is 12.4. The van der Waals surface area contributed by atoms with Gasteiger partial charge in [-0.2, -0.15) is 0 Å². The molecule has 0 aliphatic carbocycles. The first-order valence-electron chi connectivity index (χ1n) is 9.88. The maximum atomic E-state index is 13.0. The van der Waals surface area contributed by atoms with E-state index in [-0.39, 0.29) is 18.4 Å². The lowest BCUT2D eigenvalue weighted by Crippen LogP contribution is -2.49. The molecule has 5 nitrogen and oxygen atoms in total. The highest BCUT2D eigenvalue weighted by atomic mass is 79.9. The van der Waals surface area contributed by atoms with Gasteiger partial charge in [-0.1, -0.05) is 71.2 Å². The predicted octanol–water partition coefficient (Wildman–Crippen LogP) is 4.98. The van der Waals surface area contributed by atoms with Crippen LogP contribution >= 0.6 is 27.5 Å². The Kier molecular flexibility index (Phi) is 9.18. The van der Waals surface area contributed by atoms with E-state index < -0.39 is 6.04 Å². The second-order valence-electron chi connectivity index (χ2n) is 7.69. The zero-order valence-electron chi connectivity index (χ0n) is 17.7. The fraction of sp³-hybridized carbons (Fsp3) is 0.391. The molecular weight excluding hydrogens is 468 g/mol. The Hall–Kier alpha value is -2.05. The van der Waals surface area contributed by atoms with Crippen molar-refractivity contribution >= 4 is 39.3 Å². The molecule has 0 aromatic heterocycles. The molecule has 0 aliphatic heterocycles. The highest BCUT2D eigenvalue weighted by molar-refractivity contribution is 9.10. The van der Waals surface area contributed by atoms with Gasteiger partial charge in [-0.15, -0.1) is 0 Å². The Morgan fingerprint density at radius 1 is 1.17 bits per heavy atom. The number of amides is 2. The molecule has 0 fully saturated rings. The van der Waals surface area contributed by atoms with Crippen LogP contribution in [0.4, 0.5) is 0 Å². The Labute approximate surface area is 191 Å². The molecule has 0 radical (unpaired) electrons. The summed E-state index contributed by atoms with van der Waals surface area (Å²) in [5.41, 5.74) is 2.04. The zero-order valence-corrected chi connectivity index (χ0v) is 20.1. The van der Waals surface area contributed by atoms with E-state index in [1.165, 1.54) is 4.90 Å². The lowest BCUT2D eigenvalue weighted by Gasteiger charge is -2.29. The van der Waals surface area contributed by atoms with Crippen LogP contribution in [-0.4, -0.2) is 35.9 Å². The van der Waals surface area contributed by atoms with Gasteiger partial charge in [0.15, 0.2) is 6.61 Å². The van der Waals surface area contributed by atoms with E-state index in [1.807, 2.05) is 45.0 Å². The summed E-state index contributed by atoms with van der Waals surface area (Å²) in [5.74, 6) is 0.264. The third-order valence-electron chi connectivity index (χ3n) is 4.53. The minimum Gasteiger partial charge on any atom is -0.482 e. The molecule has 0 bridgehead atoms. The molecule has 162 valence electrons. The maximum Gasteiger partial charge on any atom is 0.261 e. The molecule has 2 rings (SSSR count). The van der Waals surface area contributed by atoms with Gasteiger partial charge in [0.25, 0.3) is 5.91 Å².